The molecule has 1 heterocycles. The molecule has 0 aromatic heterocycles. The zero-order valence-electron chi connectivity index (χ0n) is 11.1. The summed E-state index contributed by atoms with van der Waals surface area (Å²) in [5.41, 5.74) is 0.640. The summed E-state index contributed by atoms with van der Waals surface area (Å²) in [6.07, 6.45) is 0. The van der Waals surface area contributed by atoms with Gasteiger partial charge in [-0.05, 0) is 36.4 Å². The van der Waals surface area contributed by atoms with E-state index in [1.54, 1.807) is 24.3 Å². The Labute approximate surface area is 120 Å². The van der Waals surface area contributed by atoms with Gasteiger partial charge in [-0.15, -0.1) is 0 Å². The van der Waals surface area contributed by atoms with Gasteiger partial charge in [0.25, 0.3) is 0 Å². The lowest BCUT2D eigenvalue weighted by Gasteiger charge is -2.26. The van der Waals surface area contributed by atoms with Gasteiger partial charge in [-0.2, -0.15) is 0 Å². The summed E-state index contributed by atoms with van der Waals surface area (Å²) in [5, 5.41) is 0. The number of halogens is 1. The van der Waals surface area contributed by atoms with Crippen molar-refractivity contribution in [3.05, 3.63) is 65.5 Å². The minimum Gasteiger partial charge on any atom is -0.442 e. The Hall–Kier alpha value is -2.69. The van der Waals surface area contributed by atoms with Crippen LogP contribution in [0.1, 0.15) is 22.8 Å². The Balaban J connectivity index is 2.08. The predicted molar refractivity (Wildman–Crippen MR) is 71.2 cm³/mol. The molecule has 4 nitrogen and oxygen atoms in total. The van der Waals surface area contributed by atoms with E-state index >= 15 is 0 Å². The fourth-order valence-corrected chi connectivity index (χ4v) is 2.27. The zero-order valence-corrected chi connectivity index (χ0v) is 11.1. The van der Waals surface area contributed by atoms with Crippen LogP contribution in [0.15, 0.2) is 48.5 Å². The molecule has 0 aliphatic carbocycles. The largest absolute Gasteiger partial charge is 0.442 e. The lowest BCUT2D eigenvalue weighted by atomic mass is 9.99. The van der Waals surface area contributed by atoms with Gasteiger partial charge in [-0.25, -0.2) is 9.18 Å². The number of hydrogen-bond acceptors (Lipinski definition) is 4. The van der Waals surface area contributed by atoms with Crippen LogP contribution in [-0.4, -0.2) is 11.8 Å². The van der Waals surface area contributed by atoms with E-state index in [-0.39, 0.29) is 11.3 Å². The number of benzene rings is 2. The van der Waals surface area contributed by atoms with Gasteiger partial charge in [-0.1, -0.05) is 12.1 Å². The van der Waals surface area contributed by atoms with Crippen LogP contribution in [0.4, 0.5) is 4.39 Å². The maximum Gasteiger partial charge on any atom is 0.342 e. The van der Waals surface area contributed by atoms with Crippen molar-refractivity contribution >= 4 is 11.8 Å². The highest BCUT2D eigenvalue weighted by Gasteiger charge is 2.52. The smallest absolute Gasteiger partial charge is 0.342 e. The summed E-state index contributed by atoms with van der Waals surface area (Å²) in [6, 6.07) is 11.7. The number of Topliss-reactive ketones (excluding diaryl/α,β-unsaturated/α-hetero) is 1. The van der Waals surface area contributed by atoms with Crippen molar-refractivity contribution in [2.24, 2.45) is 0 Å². The molecule has 0 fully saturated rings. The normalized spacial score (nSPS) is 19.8. The second-order valence-electron chi connectivity index (χ2n) is 4.66. The van der Waals surface area contributed by atoms with Gasteiger partial charge < -0.3 is 9.47 Å². The molecule has 0 N–H and O–H groups in total. The number of ether oxygens (including phenoxy) is 2. The number of esters is 1. The molecule has 0 spiro atoms. The SMILES string of the molecule is CC(=O)C1(Oc2ccc(F)cc2)OC(=O)c2ccccc21. The van der Waals surface area contributed by atoms with E-state index in [1.807, 2.05) is 0 Å². The van der Waals surface area contributed by atoms with Crippen molar-refractivity contribution < 1.29 is 23.5 Å². The molecule has 106 valence electrons. The number of cyclic esters (lactones) is 1. The molecule has 21 heavy (non-hydrogen) atoms. The van der Waals surface area contributed by atoms with Crippen LogP contribution in [0.25, 0.3) is 0 Å². The fourth-order valence-electron chi connectivity index (χ4n) is 2.27. The first-order chi connectivity index (χ1) is 10.0. The van der Waals surface area contributed by atoms with E-state index in [9.17, 15) is 14.0 Å². The summed E-state index contributed by atoms with van der Waals surface area (Å²) in [7, 11) is 0. The molecule has 0 saturated carbocycles. The third-order valence-electron chi connectivity index (χ3n) is 3.28. The van der Waals surface area contributed by atoms with Gasteiger partial charge in [0.2, 0.25) is 5.78 Å². The van der Waals surface area contributed by atoms with Crippen LogP contribution in [0.2, 0.25) is 0 Å². The van der Waals surface area contributed by atoms with Gasteiger partial charge in [-0.3, -0.25) is 4.79 Å². The van der Waals surface area contributed by atoms with E-state index in [0.717, 1.165) is 0 Å². The third kappa shape index (κ3) is 2.07. The first kappa shape index (κ1) is 13.3. The number of carbonyl (C=O) groups is 2. The Morgan fingerprint density at radius 3 is 2.48 bits per heavy atom. The van der Waals surface area contributed by atoms with Crippen molar-refractivity contribution in [3.63, 3.8) is 0 Å². The van der Waals surface area contributed by atoms with E-state index in [2.05, 4.69) is 0 Å². The van der Waals surface area contributed by atoms with Crippen molar-refractivity contribution in [2.45, 2.75) is 12.7 Å². The molecule has 0 radical (unpaired) electrons. The highest BCUT2D eigenvalue weighted by atomic mass is 19.1. The van der Waals surface area contributed by atoms with Crippen molar-refractivity contribution in [1.29, 1.82) is 0 Å². The molecule has 0 bridgehead atoms. The summed E-state index contributed by atoms with van der Waals surface area (Å²) in [5.74, 6) is -3.10. The second-order valence-corrected chi connectivity index (χ2v) is 4.66. The molecule has 1 unspecified atom stereocenters. The Morgan fingerprint density at radius 2 is 1.81 bits per heavy atom. The molecule has 2 aromatic carbocycles. The molecule has 1 aliphatic rings. The molecular weight excluding hydrogens is 275 g/mol. The van der Waals surface area contributed by atoms with Crippen LogP contribution in [0.5, 0.6) is 5.75 Å². The zero-order chi connectivity index (χ0) is 15.0. The minimum absolute atomic E-state index is 0.233. The Bertz CT molecular complexity index is 723. The molecule has 0 saturated heterocycles. The standard InChI is InChI=1S/C16H11FO4/c1-10(18)16(20-12-8-6-11(17)7-9-12)14-5-3-2-4-13(14)15(19)21-16/h2-9H,1H3. The summed E-state index contributed by atoms with van der Waals surface area (Å²) < 4.78 is 23.8. The Kier molecular flexibility index (Phi) is 2.97. The van der Waals surface area contributed by atoms with Crippen LogP contribution in [0, 0.1) is 5.82 Å². The van der Waals surface area contributed by atoms with Gasteiger partial charge >= 0.3 is 11.8 Å². The lowest BCUT2D eigenvalue weighted by Crippen LogP contribution is -2.40. The highest BCUT2D eigenvalue weighted by molar-refractivity contribution is 6.01. The number of ketones is 1. The summed E-state index contributed by atoms with van der Waals surface area (Å²) in [6.45, 7) is 1.28. The summed E-state index contributed by atoms with van der Waals surface area (Å²) in [4.78, 5) is 24.0. The summed E-state index contributed by atoms with van der Waals surface area (Å²) >= 11 is 0. The number of rotatable bonds is 3. The molecule has 1 atom stereocenters. The van der Waals surface area contributed by atoms with Crippen LogP contribution in [-0.2, 0) is 15.3 Å². The third-order valence-corrected chi connectivity index (χ3v) is 3.28. The molecule has 3 rings (SSSR count). The van der Waals surface area contributed by atoms with E-state index in [0.29, 0.717) is 5.56 Å². The quantitative estimate of drug-likeness (QED) is 0.814. The lowest BCUT2D eigenvalue weighted by molar-refractivity contribution is -0.171. The number of fused-ring (bicyclic) bond motifs is 1. The van der Waals surface area contributed by atoms with E-state index in [1.165, 1.54) is 31.2 Å². The van der Waals surface area contributed by atoms with Gasteiger partial charge in [0.15, 0.2) is 0 Å². The average molecular weight is 286 g/mol. The average Bonchev–Trinajstić information content (AvgIpc) is 2.76. The van der Waals surface area contributed by atoms with Crippen molar-refractivity contribution in [1.82, 2.24) is 0 Å². The van der Waals surface area contributed by atoms with Crippen LogP contribution in [0.3, 0.4) is 0 Å². The van der Waals surface area contributed by atoms with E-state index < -0.39 is 23.4 Å². The van der Waals surface area contributed by atoms with Gasteiger partial charge in [0, 0.05) is 6.92 Å². The molecule has 1 aliphatic heterocycles. The first-order valence-electron chi connectivity index (χ1n) is 6.31. The van der Waals surface area contributed by atoms with E-state index in [4.69, 9.17) is 9.47 Å². The van der Waals surface area contributed by atoms with Crippen molar-refractivity contribution in [2.75, 3.05) is 0 Å². The van der Waals surface area contributed by atoms with Crippen LogP contribution >= 0.6 is 0 Å². The predicted octanol–water partition coefficient (Wildman–Crippen LogP) is 2.82. The number of hydrogen-bond donors (Lipinski definition) is 0. The molecule has 2 aromatic rings. The van der Waals surface area contributed by atoms with Crippen molar-refractivity contribution in [3.8, 4) is 5.75 Å². The first-order valence-corrected chi connectivity index (χ1v) is 6.31. The van der Waals surface area contributed by atoms with Gasteiger partial charge in [0.05, 0.1) is 11.1 Å². The Morgan fingerprint density at radius 1 is 1.14 bits per heavy atom. The molecule has 0 amide bonds. The highest BCUT2D eigenvalue weighted by Crippen LogP contribution is 2.39. The maximum atomic E-state index is 12.9. The monoisotopic (exact) mass is 286 g/mol. The molecule has 5 heteroatoms. The topological polar surface area (TPSA) is 52.6 Å². The number of carbonyl (C=O) groups excluding carboxylic acids is 2. The maximum absolute atomic E-state index is 12.9. The fraction of sp³-hybridized carbons (Fsp3) is 0.125. The van der Waals surface area contributed by atoms with Crippen LogP contribution < -0.4 is 4.74 Å². The minimum atomic E-state index is -1.81. The van der Waals surface area contributed by atoms with Gasteiger partial charge in [0.1, 0.15) is 11.6 Å². The second kappa shape index (κ2) is 4.70. The molecular formula is C16H11FO4.